The monoisotopic (exact) mass is 363 g/mol. The normalized spacial score (nSPS) is 24.1. The summed E-state index contributed by atoms with van der Waals surface area (Å²) >= 11 is 0. The molecular weight excluding hydrogens is 342 g/mol. The van der Waals surface area contributed by atoms with Gasteiger partial charge in [0.05, 0.1) is 16.9 Å². The van der Waals surface area contributed by atoms with E-state index in [0.29, 0.717) is 41.3 Å². The van der Waals surface area contributed by atoms with Crippen LogP contribution in [0.25, 0.3) is 0 Å². The topological polar surface area (TPSA) is 68.8 Å². The maximum atomic E-state index is 13.6. The minimum atomic E-state index is -0.251. The molecule has 0 saturated carbocycles. The van der Waals surface area contributed by atoms with E-state index >= 15 is 0 Å². The molecule has 0 bridgehead atoms. The van der Waals surface area contributed by atoms with Gasteiger partial charge in [-0.1, -0.05) is 12.1 Å². The number of carbonyl (C=O) groups excluding carboxylic acids is 2. The van der Waals surface area contributed by atoms with Crippen molar-refractivity contribution in [2.45, 2.75) is 12.5 Å². The van der Waals surface area contributed by atoms with E-state index in [1.54, 1.807) is 23.2 Å². The van der Waals surface area contributed by atoms with Gasteiger partial charge in [0.2, 0.25) is 0 Å². The van der Waals surface area contributed by atoms with Crippen molar-refractivity contribution in [1.29, 1.82) is 0 Å². The van der Waals surface area contributed by atoms with E-state index in [9.17, 15) is 9.59 Å². The molecule has 1 N–H and O–H groups in total. The van der Waals surface area contributed by atoms with Crippen molar-refractivity contribution in [2.75, 3.05) is 36.9 Å². The number of nitrogens with one attached hydrogen (secondary N) is 1. The lowest BCUT2D eigenvalue weighted by molar-refractivity contribution is 0.102. The Hall–Kier alpha value is -2.93. The summed E-state index contributed by atoms with van der Waals surface area (Å²) in [5.41, 5.74) is 1.67. The highest BCUT2D eigenvalue weighted by atomic mass is 16.2. The first-order valence-electron chi connectivity index (χ1n) is 9.28. The molecule has 3 aliphatic rings. The van der Waals surface area contributed by atoms with E-state index in [2.05, 4.69) is 22.2 Å². The largest absolute Gasteiger partial charge is 0.330 e. The van der Waals surface area contributed by atoms with Crippen LogP contribution in [0, 0.1) is 5.92 Å². The average molecular weight is 363 g/mol. The molecule has 2 fully saturated rings. The SMILES string of the molecule is CN1CCC2CN(C(=O)N3c4ccccc4NC(=O)c4cccnc43)CC21. The van der Waals surface area contributed by atoms with Crippen LogP contribution in [0.4, 0.5) is 22.0 Å². The van der Waals surface area contributed by atoms with Crippen molar-refractivity contribution in [3.63, 3.8) is 0 Å². The van der Waals surface area contributed by atoms with Crippen molar-refractivity contribution in [2.24, 2.45) is 5.92 Å². The maximum absolute atomic E-state index is 13.6. The Kier molecular flexibility index (Phi) is 3.65. The molecular formula is C20H21N5O2. The number of fused-ring (bicyclic) bond motifs is 3. The van der Waals surface area contributed by atoms with Crippen LogP contribution >= 0.6 is 0 Å². The van der Waals surface area contributed by atoms with Gasteiger partial charge in [0, 0.05) is 25.3 Å². The number of para-hydroxylation sites is 2. The molecule has 0 aliphatic carbocycles. The number of pyridine rings is 1. The zero-order chi connectivity index (χ0) is 18.5. The first-order valence-corrected chi connectivity index (χ1v) is 9.28. The lowest BCUT2D eigenvalue weighted by Crippen LogP contribution is -2.42. The second-order valence-electron chi connectivity index (χ2n) is 7.47. The van der Waals surface area contributed by atoms with Crippen LogP contribution in [0.15, 0.2) is 42.6 Å². The van der Waals surface area contributed by atoms with Crippen LogP contribution < -0.4 is 10.2 Å². The van der Waals surface area contributed by atoms with Crippen LogP contribution in [0.3, 0.4) is 0 Å². The molecule has 4 heterocycles. The molecule has 138 valence electrons. The van der Waals surface area contributed by atoms with Gasteiger partial charge in [-0.05, 0) is 50.2 Å². The fraction of sp³-hybridized carbons (Fsp3) is 0.350. The number of anilines is 3. The molecule has 1 aromatic heterocycles. The number of rotatable bonds is 0. The highest BCUT2D eigenvalue weighted by Crippen LogP contribution is 2.39. The molecule has 2 aromatic rings. The summed E-state index contributed by atoms with van der Waals surface area (Å²) < 4.78 is 0. The van der Waals surface area contributed by atoms with Gasteiger partial charge < -0.3 is 15.1 Å². The molecule has 7 heteroatoms. The molecule has 1 aromatic carbocycles. The predicted octanol–water partition coefficient (Wildman–Crippen LogP) is 2.54. The molecule has 3 aliphatic heterocycles. The van der Waals surface area contributed by atoms with Crippen LogP contribution in [-0.2, 0) is 0 Å². The molecule has 2 atom stereocenters. The molecule has 2 unspecified atom stereocenters. The van der Waals surface area contributed by atoms with Gasteiger partial charge in [0.1, 0.15) is 0 Å². The number of aromatic nitrogens is 1. The number of hydrogen-bond acceptors (Lipinski definition) is 4. The maximum Gasteiger partial charge on any atom is 0.330 e. The van der Waals surface area contributed by atoms with Gasteiger partial charge >= 0.3 is 6.03 Å². The van der Waals surface area contributed by atoms with E-state index in [-0.39, 0.29) is 11.9 Å². The zero-order valence-corrected chi connectivity index (χ0v) is 15.1. The fourth-order valence-corrected chi connectivity index (χ4v) is 4.49. The first kappa shape index (κ1) is 16.3. The fourth-order valence-electron chi connectivity index (χ4n) is 4.49. The number of carbonyl (C=O) groups is 2. The smallest absolute Gasteiger partial charge is 0.322 e. The molecule has 2 saturated heterocycles. The number of hydrogen-bond donors (Lipinski definition) is 1. The van der Waals surface area contributed by atoms with Crippen LogP contribution in [0.2, 0.25) is 0 Å². The van der Waals surface area contributed by atoms with Crippen LogP contribution in [-0.4, -0.2) is 59.4 Å². The highest BCUT2D eigenvalue weighted by Gasteiger charge is 2.43. The quantitative estimate of drug-likeness (QED) is 0.781. The first-order chi connectivity index (χ1) is 13.1. The van der Waals surface area contributed by atoms with Crippen molar-refractivity contribution < 1.29 is 9.59 Å². The van der Waals surface area contributed by atoms with Crippen molar-refractivity contribution in [3.05, 3.63) is 48.2 Å². The number of benzene rings is 1. The summed E-state index contributed by atoms with van der Waals surface area (Å²) in [6, 6.07) is 11.1. The van der Waals surface area contributed by atoms with Gasteiger partial charge in [-0.3, -0.25) is 4.79 Å². The third kappa shape index (κ3) is 2.49. The number of urea groups is 1. The van der Waals surface area contributed by atoms with Crippen molar-refractivity contribution in [1.82, 2.24) is 14.8 Å². The van der Waals surface area contributed by atoms with Crippen LogP contribution in [0.5, 0.6) is 0 Å². The van der Waals surface area contributed by atoms with Gasteiger partial charge in [0.15, 0.2) is 5.82 Å². The van der Waals surface area contributed by atoms with Crippen molar-refractivity contribution >= 4 is 29.1 Å². The lowest BCUT2D eigenvalue weighted by atomic mass is 10.1. The Morgan fingerprint density at radius 3 is 2.89 bits per heavy atom. The minimum Gasteiger partial charge on any atom is -0.322 e. The summed E-state index contributed by atoms with van der Waals surface area (Å²) in [6.07, 6.45) is 2.74. The number of likely N-dealkylation sites (N-methyl/N-ethyl adjacent to an activating group) is 1. The molecule has 27 heavy (non-hydrogen) atoms. The van der Waals surface area contributed by atoms with Gasteiger partial charge in [-0.2, -0.15) is 0 Å². The Morgan fingerprint density at radius 1 is 1.19 bits per heavy atom. The molecule has 7 nitrogen and oxygen atoms in total. The Balaban J connectivity index is 1.58. The van der Waals surface area contributed by atoms with Gasteiger partial charge in [0.25, 0.3) is 5.91 Å². The Morgan fingerprint density at radius 2 is 2.04 bits per heavy atom. The summed E-state index contributed by atoms with van der Waals surface area (Å²) in [5, 5.41) is 2.90. The summed E-state index contributed by atoms with van der Waals surface area (Å²) in [7, 11) is 2.12. The standard InChI is InChI=1S/C20H21N5O2/c1-23-10-8-13-11-24(12-17(13)23)20(27)25-16-7-3-2-6-15(16)22-19(26)14-5-4-9-21-18(14)25/h2-7,9,13,17H,8,10-12H2,1H3,(H,22,26). The summed E-state index contributed by atoms with van der Waals surface area (Å²) in [6.45, 7) is 2.55. The second-order valence-corrected chi connectivity index (χ2v) is 7.47. The third-order valence-corrected chi connectivity index (χ3v) is 5.92. The van der Waals surface area contributed by atoms with Crippen LogP contribution in [0.1, 0.15) is 16.8 Å². The van der Waals surface area contributed by atoms with Gasteiger partial charge in [-0.15, -0.1) is 0 Å². The lowest BCUT2D eigenvalue weighted by Gasteiger charge is -2.29. The number of amides is 3. The molecule has 0 radical (unpaired) electrons. The Labute approximate surface area is 157 Å². The van der Waals surface area contributed by atoms with E-state index in [0.717, 1.165) is 19.5 Å². The molecule has 5 rings (SSSR count). The van der Waals surface area contributed by atoms with E-state index < -0.39 is 0 Å². The zero-order valence-electron chi connectivity index (χ0n) is 15.1. The average Bonchev–Trinajstić information content (AvgIpc) is 3.22. The van der Waals surface area contributed by atoms with Crippen molar-refractivity contribution in [3.8, 4) is 0 Å². The summed E-state index contributed by atoms with van der Waals surface area (Å²) in [5.74, 6) is 0.651. The molecule has 3 amide bonds. The minimum absolute atomic E-state index is 0.123. The summed E-state index contributed by atoms with van der Waals surface area (Å²) in [4.78, 5) is 36.4. The van der Waals surface area contributed by atoms with E-state index in [4.69, 9.17) is 0 Å². The number of nitrogens with zero attached hydrogens (tertiary/aromatic N) is 4. The highest BCUT2D eigenvalue weighted by molar-refractivity contribution is 6.16. The predicted molar refractivity (Wildman–Crippen MR) is 102 cm³/mol. The number of likely N-dealkylation sites (tertiary alicyclic amines) is 2. The van der Waals surface area contributed by atoms with E-state index in [1.807, 2.05) is 29.2 Å². The Bertz CT molecular complexity index is 930. The molecule has 0 spiro atoms. The van der Waals surface area contributed by atoms with E-state index in [1.165, 1.54) is 0 Å². The third-order valence-electron chi connectivity index (χ3n) is 5.92. The second kappa shape index (κ2) is 6.06. The van der Waals surface area contributed by atoms with Gasteiger partial charge in [-0.25, -0.2) is 14.7 Å².